The van der Waals surface area contributed by atoms with Crippen LogP contribution in [0.4, 0.5) is 0 Å². The minimum atomic E-state index is -0.194. The van der Waals surface area contributed by atoms with Crippen LogP contribution in [-0.4, -0.2) is 12.1 Å². The highest BCUT2D eigenvalue weighted by molar-refractivity contribution is 9.10. The second-order valence-corrected chi connectivity index (χ2v) is 3.98. The van der Waals surface area contributed by atoms with E-state index in [1.54, 1.807) is 18.3 Å². The summed E-state index contributed by atoms with van der Waals surface area (Å²) in [4.78, 5) is 11.5. The molecule has 0 aliphatic carbocycles. The predicted octanol–water partition coefficient (Wildman–Crippen LogP) is 2.88. The first-order valence-electron chi connectivity index (χ1n) is 4.73. The Kier molecular flexibility index (Phi) is 4.49. The molecule has 0 saturated heterocycles. The van der Waals surface area contributed by atoms with Gasteiger partial charge in [-0.2, -0.15) is 5.10 Å². The Morgan fingerprint density at radius 3 is 2.93 bits per heavy atom. The van der Waals surface area contributed by atoms with Crippen LogP contribution < -0.4 is 5.43 Å². The summed E-state index contributed by atoms with van der Waals surface area (Å²) in [5, 5.41) is 3.78. The molecule has 0 fully saturated rings. The minimum Gasteiger partial charge on any atom is -0.267 e. The fraction of sp³-hybridized carbons (Fsp3) is 0.273. The van der Waals surface area contributed by atoms with Gasteiger partial charge in [0.05, 0.1) is 0 Å². The Morgan fingerprint density at radius 1 is 1.60 bits per heavy atom. The van der Waals surface area contributed by atoms with Crippen LogP contribution in [0.15, 0.2) is 27.8 Å². The molecule has 1 N–H and O–H groups in total. The van der Waals surface area contributed by atoms with Crippen LogP contribution in [0.5, 0.6) is 0 Å². The molecule has 15 heavy (non-hydrogen) atoms. The van der Waals surface area contributed by atoms with Gasteiger partial charge in [-0.25, -0.2) is 5.43 Å². The van der Waals surface area contributed by atoms with Gasteiger partial charge >= 0.3 is 0 Å². The van der Waals surface area contributed by atoms with Crippen molar-refractivity contribution in [2.45, 2.75) is 20.3 Å². The van der Waals surface area contributed by atoms with E-state index in [1.807, 2.05) is 19.9 Å². The number of hydrogen-bond donors (Lipinski definition) is 1. The molecule has 4 heteroatoms. The molecule has 0 atom stereocenters. The van der Waals surface area contributed by atoms with Gasteiger partial charge in [0.25, 0.3) is 5.91 Å². The maximum Gasteiger partial charge on any atom is 0.271 e. The fourth-order valence-corrected chi connectivity index (χ4v) is 1.37. The highest BCUT2D eigenvalue weighted by atomic mass is 79.9. The largest absolute Gasteiger partial charge is 0.271 e. The van der Waals surface area contributed by atoms with Crippen molar-refractivity contribution in [2.24, 2.45) is 5.10 Å². The lowest BCUT2D eigenvalue weighted by molar-refractivity contribution is 0.0955. The van der Waals surface area contributed by atoms with E-state index in [9.17, 15) is 4.79 Å². The summed E-state index contributed by atoms with van der Waals surface area (Å²) < 4.78 is 0.926. The Morgan fingerprint density at radius 2 is 2.33 bits per heavy atom. The number of hydrazone groups is 1. The van der Waals surface area contributed by atoms with Gasteiger partial charge < -0.3 is 0 Å². The quantitative estimate of drug-likeness (QED) is 0.665. The molecule has 1 aromatic rings. The molecule has 80 valence electrons. The summed E-state index contributed by atoms with van der Waals surface area (Å²) >= 11 is 3.38. The van der Waals surface area contributed by atoms with E-state index in [0.29, 0.717) is 5.56 Å². The van der Waals surface area contributed by atoms with Crippen molar-refractivity contribution in [1.29, 1.82) is 0 Å². The van der Waals surface area contributed by atoms with E-state index >= 15 is 0 Å². The third-order valence-corrected chi connectivity index (χ3v) is 2.73. The monoisotopic (exact) mass is 268 g/mol. The number of carbonyl (C=O) groups is 1. The second kappa shape index (κ2) is 5.66. The summed E-state index contributed by atoms with van der Waals surface area (Å²) in [7, 11) is 0. The number of aryl methyl sites for hydroxylation is 1. The SMILES string of the molecule is CCC=NNC(=O)c1ccc(C)c(Br)c1. The second-order valence-electron chi connectivity index (χ2n) is 3.12. The third kappa shape index (κ3) is 3.47. The first-order chi connectivity index (χ1) is 7.15. The molecule has 0 heterocycles. The highest BCUT2D eigenvalue weighted by Gasteiger charge is 2.05. The zero-order valence-corrected chi connectivity index (χ0v) is 10.3. The van der Waals surface area contributed by atoms with Crippen LogP contribution in [0.3, 0.4) is 0 Å². The number of amides is 1. The summed E-state index contributed by atoms with van der Waals surface area (Å²) in [6.07, 6.45) is 2.46. The van der Waals surface area contributed by atoms with Gasteiger partial charge in [0.2, 0.25) is 0 Å². The smallest absolute Gasteiger partial charge is 0.267 e. The average Bonchev–Trinajstić information content (AvgIpc) is 2.22. The normalized spacial score (nSPS) is 10.6. The predicted molar refractivity (Wildman–Crippen MR) is 65.1 cm³/mol. The minimum absolute atomic E-state index is 0.194. The number of hydrogen-bond acceptors (Lipinski definition) is 2. The van der Waals surface area contributed by atoms with Crippen molar-refractivity contribution in [3.63, 3.8) is 0 Å². The maximum atomic E-state index is 11.5. The molecule has 0 unspecified atom stereocenters. The van der Waals surface area contributed by atoms with Gasteiger partial charge in [-0.05, 0) is 31.0 Å². The summed E-state index contributed by atoms with van der Waals surface area (Å²) in [5.74, 6) is -0.194. The van der Waals surface area contributed by atoms with Crippen molar-refractivity contribution in [3.05, 3.63) is 33.8 Å². The maximum absolute atomic E-state index is 11.5. The third-order valence-electron chi connectivity index (χ3n) is 1.87. The van der Waals surface area contributed by atoms with Crippen LogP contribution in [-0.2, 0) is 0 Å². The van der Waals surface area contributed by atoms with Crippen LogP contribution in [0.2, 0.25) is 0 Å². The summed E-state index contributed by atoms with van der Waals surface area (Å²) in [6.45, 7) is 3.93. The molecule has 0 bridgehead atoms. The number of halogens is 1. The molecule has 1 amide bonds. The molecule has 0 saturated carbocycles. The molecule has 0 aliphatic heterocycles. The van der Waals surface area contributed by atoms with Gasteiger partial charge in [-0.1, -0.05) is 28.9 Å². The van der Waals surface area contributed by atoms with Crippen molar-refractivity contribution in [1.82, 2.24) is 5.43 Å². The topological polar surface area (TPSA) is 41.5 Å². The standard InChI is InChI=1S/C11H13BrN2O/c1-3-6-13-14-11(15)9-5-4-8(2)10(12)7-9/h4-7H,3H2,1-2H3,(H,14,15). The van der Waals surface area contributed by atoms with Crippen LogP contribution in [0.25, 0.3) is 0 Å². The van der Waals surface area contributed by atoms with Gasteiger partial charge in [0.15, 0.2) is 0 Å². The van der Waals surface area contributed by atoms with Crippen LogP contribution in [0, 0.1) is 6.92 Å². The van der Waals surface area contributed by atoms with Gasteiger partial charge in [0.1, 0.15) is 0 Å². The number of nitrogens with one attached hydrogen (secondary N) is 1. The molecular formula is C11H13BrN2O. The first kappa shape index (κ1) is 11.9. The highest BCUT2D eigenvalue weighted by Crippen LogP contribution is 2.17. The van der Waals surface area contributed by atoms with E-state index in [2.05, 4.69) is 26.5 Å². The molecule has 0 aromatic heterocycles. The number of benzene rings is 1. The van der Waals surface area contributed by atoms with E-state index in [4.69, 9.17) is 0 Å². The zero-order chi connectivity index (χ0) is 11.3. The fourth-order valence-electron chi connectivity index (χ4n) is 0.994. The molecular weight excluding hydrogens is 256 g/mol. The Labute approximate surface area is 97.7 Å². The molecule has 0 aliphatic rings. The molecule has 3 nitrogen and oxygen atoms in total. The molecule has 0 radical (unpaired) electrons. The zero-order valence-electron chi connectivity index (χ0n) is 8.75. The first-order valence-corrected chi connectivity index (χ1v) is 5.52. The number of nitrogens with zero attached hydrogens (tertiary/aromatic N) is 1. The van der Waals surface area contributed by atoms with E-state index in [0.717, 1.165) is 16.5 Å². The number of carbonyl (C=O) groups excluding carboxylic acids is 1. The van der Waals surface area contributed by atoms with Gasteiger partial charge in [0, 0.05) is 16.3 Å². The van der Waals surface area contributed by atoms with E-state index < -0.39 is 0 Å². The summed E-state index contributed by atoms with van der Waals surface area (Å²) in [5.41, 5.74) is 4.15. The van der Waals surface area contributed by atoms with Gasteiger partial charge in [-0.15, -0.1) is 0 Å². The molecule has 1 aromatic carbocycles. The van der Waals surface area contributed by atoms with Crippen molar-refractivity contribution >= 4 is 28.1 Å². The van der Waals surface area contributed by atoms with Crippen molar-refractivity contribution < 1.29 is 4.79 Å². The number of rotatable bonds is 3. The summed E-state index contributed by atoms with van der Waals surface area (Å²) in [6, 6.07) is 5.45. The van der Waals surface area contributed by atoms with Crippen molar-refractivity contribution in [2.75, 3.05) is 0 Å². The lowest BCUT2D eigenvalue weighted by atomic mass is 10.1. The Balaban J connectivity index is 2.74. The van der Waals surface area contributed by atoms with Crippen LogP contribution in [0.1, 0.15) is 29.3 Å². The van der Waals surface area contributed by atoms with Crippen molar-refractivity contribution in [3.8, 4) is 0 Å². The Hall–Kier alpha value is -1.16. The Bertz CT molecular complexity index is 388. The molecule has 1 rings (SSSR count). The van der Waals surface area contributed by atoms with E-state index in [1.165, 1.54) is 0 Å². The average molecular weight is 269 g/mol. The molecule has 0 spiro atoms. The lowest BCUT2D eigenvalue weighted by Crippen LogP contribution is -2.17. The van der Waals surface area contributed by atoms with Gasteiger partial charge in [-0.3, -0.25) is 4.79 Å². The van der Waals surface area contributed by atoms with E-state index in [-0.39, 0.29) is 5.91 Å². The van der Waals surface area contributed by atoms with Crippen LogP contribution >= 0.6 is 15.9 Å². The lowest BCUT2D eigenvalue weighted by Gasteiger charge is -2.02.